The molecule has 0 saturated carbocycles. The minimum Gasteiger partial charge on any atom is -0.489 e. The van der Waals surface area contributed by atoms with E-state index < -0.39 is 12.0 Å². The van der Waals surface area contributed by atoms with Gasteiger partial charge >= 0.3 is 5.97 Å². The number of nitrogens with one attached hydrogen (secondary N) is 1. The lowest BCUT2D eigenvalue weighted by Crippen LogP contribution is -2.42. The molecule has 4 aromatic carbocycles. The minimum absolute atomic E-state index is 0.116. The number of benzene rings is 4. The van der Waals surface area contributed by atoms with E-state index in [1.165, 1.54) is 0 Å². The topological polar surface area (TPSA) is 84.9 Å². The van der Waals surface area contributed by atoms with Gasteiger partial charge < -0.3 is 19.9 Å². The van der Waals surface area contributed by atoms with Crippen molar-refractivity contribution in [2.24, 2.45) is 0 Å². The maximum Gasteiger partial charge on any atom is 0.326 e. The Bertz CT molecular complexity index is 1340. The molecule has 0 aliphatic heterocycles. The monoisotopic (exact) mass is 523 g/mol. The molecule has 6 heteroatoms. The number of rotatable bonds is 13. The van der Waals surface area contributed by atoms with Crippen LogP contribution in [0, 0.1) is 0 Å². The molecule has 0 bridgehead atoms. The van der Waals surface area contributed by atoms with Crippen LogP contribution in [-0.4, -0.2) is 23.0 Å². The molecular weight excluding hydrogens is 490 g/mol. The van der Waals surface area contributed by atoms with Crippen LogP contribution in [0.5, 0.6) is 11.5 Å². The van der Waals surface area contributed by atoms with E-state index in [1.807, 2.05) is 116 Å². The third-order valence-electron chi connectivity index (χ3n) is 6.41. The van der Waals surface area contributed by atoms with Gasteiger partial charge in [-0.05, 0) is 34.2 Å². The molecule has 200 valence electrons. The van der Waals surface area contributed by atoms with Crippen LogP contribution in [0.4, 0.5) is 0 Å². The van der Waals surface area contributed by atoms with Gasteiger partial charge in [0.15, 0.2) is 0 Å². The lowest BCUT2D eigenvalue weighted by atomic mass is 9.95. The lowest BCUT2D eigenvalue weighted by Gasteiger charge is -2.20. The molecule has 0 fully saturated rings. The molecule has 0 aromatic heterocycles. The van der Waals surface area contributed by atoms with Crippen LogP contribution in [0.25, 0.3) is 0 Å². The molecule has 0 saturated heterocycles. The van der Waals surface area contributed by atoms with Crippen molar-refractivity contribution in [2.75, 3.05) is 0 Å². The van der Waals surface area contributed by atoms with Gasteiger partial charge in [0.1, 0.15) is 30.8 Å². The Labute approximate surface area is 229 Å². The second kappa shape index (κ2) is 13.8. The quantitative estimate of drug-likeness (QED) is 0.220. The number of carbonyl (C=O) groups excluding carboxylic acids is 1. The zero-order valence-corrected chi connectivity index (χ0v) is 22.0. The molecule has 0 radical (unpaired) electrons. The van der Waals surface area contributed by atoms with Crippen molar-refractivity contribution in [3.8, 4) is 11.5 Å². The fourth-order valence-electron chi connectivity index (χ4n) is 4.30. The van der Waals surface area contributed by atoms with Gasteiger partial charge in [-0.1, -0.05) is 104 Å². The molecule has 2 atom stereocenters. The first-order valence-corrected chi connectivity index (χ1v) is 13.0. The molecule has 4 rings (SSSR count). The van der Waals surface area contributed by atoms with Crippen LogP contribution < -0.4 is 14.8 Å². The van der Waals surface area contributed by atoms with Crippen molar-refractivity contribution in [3.05, 3.63) is 131 Å². The van der Waals surface area contributed by atoms with Crippen LogP contribution in [0.1, 0.15) is 41.5 Å². The Hall–Kier alpha value is -4.58. The Morgan fingerprint density at radius 2 is 1.28 bits per heavy atom. The number of hydrogen-bond acceptors (Lipinski definition) is 4. The smallest absolute Gasteiger partial charge is 0.326 e. The van der Waals surface area contributed by atoms with E-state index in [9.17, 15) is 14.7 Å². The molecule has 2 unspecified atom stereocenters. The summed E-state index contributed by atoms with van der Waals surface area (Å²) in [5.41, 5.74) is 3.78. The highest BCUT2D eigenvalue weighted by Gasteiger charge is 2.23. The number of amides is 1. The predicted octanol–water partition coefficient (Wildman–Crippen LogP) is 6.15. The molecule has 1 amide bonds. The first-order valence-electron chi connectivity index (χ1n) is 13.0. The number of carboxylic acid groups (broad SMARTS) is 1. The van der Waals surface area contributed by atoms with Gasteiger partial charge in [-0.2, -0.15) is 0 Å². The van der Waals surface area contributed by atoms with Crippen LogP contribution >= 0.6 is 0 Å². The summed E-state index contributed by atoms with van der Waals surface area (Å²) in [6.45, 7) is 2.73. The molecule has 39 heavy (non-hydrogen) atoms. The number of hydrogen-bond donors (Lipinski definition) is 2. The average Bonchev–Trinajstić information content (AvgIpc) is 2.96. The van der Waals surface area contributed by atoms with Crippen molar-refractivity contribution in [2.45, 2.75) is 44.9 Å². The van der Waals surface area contributed by atoms with E-state index in [-0.39, 0.29) is 24.7 Å². The second-order valence-corrected chi connectivity index (χ2v) is 9.50. The van der Waals surface area contributed by atoms with Gasteiger partial charge in [0.2, 0.25) is 5.91 Å². The summed E-state index contributed by atoms with van der Waals surface area (Å²) < 4.78 is 12.2. The fraction of sp³-hybridized carbons (Fsp3) is 0.212. The third-order valence-corrected chi connectivity index (χ3v) is 6.41. The highest BCUT2D eigenvalue weighted by atomic mass is 16.5. The zero-order valence-electron chi connectivity index (χ0n) is 22.0. The van der Waals surface area contributed by atoms with Gasteiger partial charge in [0.05, 0.1) is 0 Å². The van der Waals surface area contributed by atoms with Crippen LogP contribution in [0.3, 0.4) is 0 Å². The Balaban J connectivity index is 1.46. The summed E-state index contributed by atoms with van der Waals surface area (Å²) in [6, 6.07) is 33.7. The van der Waals surface area contributed by atoms with E-state index in [1.54, 1.807) is 0 Å². The van der Waals surface area contributed by atoms with E-state index >= 15 is 0 Å². The highest BCUT2D eigenvalue weighted by molar-refractivity contribution is 5.84. The van der Waals surface area contributed by atoms with E-state index in [0.717, 1.165) is 22.3 Å². The fourth-order valence-corrected chi connectivity index (χ4v) is 4.30. The van der Waals surface area contributed by atoms with Crippen LogP contribution in [0.15, 0.2) is 109 Å². The predicted molar refractivity (Wildman–Crippen MR) is 151 cm³/mol. The number of carboxylic acids is 1. The standard InChI is InChI=1S/C33H33NO5/c1-24(19-32(35)34-30(33(36)37)20-25-11-5-2-6-12-25)29-18-17-28(38-22-26-13-7-3-8-14-26)21-31(29)39-23-27-15-9-4-10-16-27/h2-18,21,24,30H,19-20,22-23H2,1H3,(H,34,35)(H,36,37). The summed E-state index contributed by atoms with van der Waals surface area (Å²) in [7, 11) is 0. The molecular formula is C33H33NO5. The molecule has 6 nitrogen and oxygen atoms in total. The van der Waals surface area contributed by atoms with Crippen molar-refractivity contribution in [3.63, 3.8) is 0 Å². The second-order valence-electron chi connectivity index (χ2n) is 9.50. The summed E-state index contributed by atoms with van der Waals surface area (Å²) in [4.78, 5) is 24.7. The first-order chi connectivity index (χ1) is 19.0. The minimum atomic E-state index is -1.06. The van der Waals surface area contributed by atoms with Gasteiger partial charge in [-0.25, -0.2) is 4.79 Å². The van der Waals surface area contributed by atoms with Crippen LogP contribution in [0.2, 0.25) is 0 Å². The maximum absolute atomic E-state index is 12.9. The van der Waals surface area contributed by atoms with Crippen molar-refractivity contribution in [1.29, 1.82) is 0 Å². The van der Waals surface area contributed by atoms with Gasteiger partial charge in [-0.3, -0.25) is 4.79 Å². The maximum atomic E-state index is 12.9. The highest BCUT2D eigenvalue weighted by Crippen LogP contribution is 2.33. The Morgan fingerprint density at radius 3 is 1.85 bits per heavy atom. The van der Waals surface area contributed by atoms with Gasteiger partial charge in [-0.15, -0.1) is 0 Å². The van der Waals surface area contributed by atoms with E-state index in [0.29, 0.717) is 24.7 Å². The molecule has 0 aliphatic carbocycles. The zero-order chi connectivity index (χ0) is 27.5. The van der Waals surface area contributed by atoms with Crippen molar-refractivity contribution in [1.82, 2.24) is 5.32 Å². The normalized spacial score (nSPS) is 12.2. The first kappa shape index (κ1) is 27.5. The number of aliphatic carboxylic acids is 1. The van der Waals surface area contributed by atoms with Crippen molar-refractivity contribution >= 4 is 11.9 Å². The molecule has 0 spiro atoms. The number of carbonyl (C=O) groups is 2. The number of ether oxygens (including phenoxy) is 2. The van der Waals surface area contributed by atoms with Crippen molar-refractivity contribution < 1.29 is 24.2 Å². The summed E-state index contributed by atoms with van der Waals surface area (Å²) >= 11 is 0. The Kier molecular flexibility index (Phi) is 9.73. The third kappa shape index (κ3) is 8.47. The SMILES string of the molecule is CC(CC(=O)NC(Cc1ccccc1)C(=O)O)c1ccc(OCc2ccccc2)cc1OCc1ccccc1. The average molecular weight is 524 g/mol. The lowest BCUT2D eigenvalue weighted by molar-refractivity contribution is -0.141. The summed E-state index contributed by atoms with van der Waals surface area (Å²) in [5, 5.41) is 12.4. The molecule has 0 heterocycles. The Morgan fingerprint density at radius 1 is 0.744 bits per heavy atom. The summed E-state index contributed by atoms with van der Waals surface area (Å²) in [6.07, 6.45) is 0.333. The molecule has 4 aromatic rings. The van der Waals surface area contributed by atoms with Gasteiger partial charge in [0, 0.05) is 18.9 Å². The molecule has 2 N–H and O–H groups in total. The van der Waals surface area contributed by atoms with E-state index in [2.05, 4.69) is 5.32 Å². The van der Waals surface area contributed by atoms with Gasteiger partial charge in [0.25, 0.3) is 0 Å². The summed E-state index contributed by atoms with van der Waals surface area (Å²) in [5.74, 6) is -0.319. The van der Waals surface area contributed by atoms with E-state index in [4.69, 9.17) is 9.47 Å². The van der Waals surface area contributed by atoms with Crippen LogP contribution in [-0.2, 0) is 29.2 Å². The molecule has 0 aliphatic rings. The largest absolute Gasteiger partial charge is 0.489 e.